The Bertz CT molecular complexity index is 300. The summed E-state index contributed by atoms with van der Waals surface area (Å²) in [5.74, 6) is 0.571. The highest BCUT2D eigenvalue weighted by Gasteiger charge is 2.05. The van der Waals surface area contributed by atoms with Crippen LogP contribution in [0.25, 0.3) is 0 Å². The van der Waals surface area contributed by atoms with Crippen LogP contribution in [0, 0.1) is 19.7 Å². The summed E-state index contributed by atoms with van der Waals surface area (Å²) in [6, 6.07) is 2.97. The summed E-state index contributed by atoms with van der Waals surface area (Å²) in [6.07, 6.45) is 0.840. The van der Waals surface area contributed by atoms with E-state index in [0.717, 1.165) is 23.3 Å². The third kappa shape index (κ3) is 3.51. The molecule has 3 heteroatoms. The minimum absolute atomic E-state index is 0.214. The van der Waals surface area contributed by atoms with Crippen molar-refractivity contribution in [2.45, 2.75) is 20.3 Å². The van der Waals surface area contributed by atoms with Crippen LogP contribution in [0.5, 0.6) is 5.75 Å². The molecule has 0 aliphatic carbocycles. The van der Waals surface area contributed by atoms with Crippen molar-refractivity contribution in [3.05, 3.63) is 29.1 Å². The van der Waals surface area contributed by atoms with E-state index in [2.05, 4.69) is 0 Å². The normalized spacial score (nSPS) is 10.4. The molecule has 0 unspecified atom stereocenters. The maximum Gasteiger partial charge on any atom is 0.125 e. The molecule has 0 aliphatic rings. The SMILES string of the molecule is COCCCOc1c(C)cc(F)cc1C. The summed E-state index contributed by atoms with van der Waals surface area (Å²) in [7, 11) is 1.66. The van der Waals surface area contributed by atoms with Crippen LogP contribution in [-0.2, 0) is 4.74 Å². The average molecular weight is 212 g/mol. The summed E-state index contributed by atoms with van der Waals surface area (Å²) >= 11 is 0. The molecule has 1 aromatic rings. The quantitative estimate of drug-likeness (QED) is 0.699. The molecule has 2 nitrogen and oxygen atoms in total. The molecule has 0 radical (unpaired) electrons. The van der Waals surface area contributed by atoms with Crippen molar-refractivity contribution in [2.75, 3.05) is 20.3 Å². The molecule has 1 rings (SSSR count). The van der Waals surface area contributed by atoms with Crippen LogP contribution in [-0.4, -0.2) is 20.3 Å². The van der Waals surface area contributed by atoms with E-state index in [1.165, 1.54) is 12.1 Å². The molecule has 0 aromatic heterocycles. The first-order chi connectivity index (χ1) is 7.15. The van der Waals surface area contributed by atoms with Gasteiger partial charge in [0.1, 0.15) is 11.6 Å². The zero-order chi connectivity index (χ0) is 11.3. The summed E-state index contributed by atoms with van der Waals surface area (Å²) in [4.78, 5) is 0. The van der Waals surface area contributed by atoms with Crippen LogP contribution in [0.15, 0.2) is 12.1 Å². The van der Waals surface area contributed by atoms with Crippen LogP contribution in [0.2, 0.25) is 0 Å². The van der Waals surface area contributed by atoms with E-state index in [9.17, 15) is 4.39 Å². The zero-order valence-electron chi connectivity index (χ0n) is 9.47. The molecule has 0 heterocycles. The molecule has 0 saturated carbocycles. The topological polar surface area (TPSA) is 18.5 Å². The highest BCUT2D eigenvalue weighted by molar-refractivity contribution is 5.40. The van der Waals surface area contributed by atoms with Crippen molar-refractivity contribution < 1.29 is 13.9 Å². The Morgan fingerprint density at radius 2 is 1.73 bits per heavy atom. The van der Waals surface area contributed by atoms with Gasteiger partial charge >= 0.3 is 0 Å². The summed E-state index contributed by atoms with van der Waals surface area (Å²) in [5.41, 5.74) is 1.68. The van der Waals surface area contributed by atoms with Crippen molar-refractivity contribution in [2.24, 2.45) is 0 Å². The number of aryl methyl sites for hydroxylation is 2. The number of halogens is 1. The van der Waals surface area contributed by atoms with Gasteiger partial charge in [-0.1, -0.05) is 0 Å². The lowest BCUT2D eigenvalue weighted by Crippen LogP contribution is -2.04. The number of methoxy groups -OCH3 is 1. The van der Waals surface area contributed by atoms with E-state index in [1.807, 2.05) is 13.8 Å². The Kier molecular flexibility index (Phi) is 4.56. The smallest absolute Gasteiger partial charge is 0.125 e. The maximum absolute atomic E-state index is 13.0. The number of benzene rings is 1. The van der Waals surface area contributed by atoms with Crippen molar-refractivity contribution in [3.63, 3.8) is 0 Å². The predicted octanol–water partition coefficient (Wildman–Crippen LogP) is 2.86. The van der Waals surface area contributed by atoms with Crippen molar-refractivity contribution in [1.29, 1.82) is 0 Å². The standard InChI is InChI=1S/C12H17FO2/c1-9-7-11(13)8-10(2)12(9)15-6-4-5-14-3/h7-8H,4-6H2,1-3H3. The zero-order valence-corrected chi connectivity index (χ0v) is 9.47. The number of rotatable bonds is 5. The van der Waals surface area contributed by atoms with Gasteiger partial charge in [0.2, 0.25) is 0 Å². The molecule has 1 aromatic carbocycles. The predicted molar refractivity (Wildman–Crippen MR) is 57.9 cm³/mol. The molecule has 0 aliphatic heterocycles. The Hall–Kier alpha value is -1.09. The molecular weight excluding hydrogens is 195 g/mol. The summed E-state index contributed by atoms with van der Waals surface area (Å²) in [5, 5.41) is 0. The van der Waals surface area contributed by atoms with Crippen LogP contribution in [0.3, 0.4) is 0 Å². The van der Waals surface area contributed by atoms with E-state index in [1.54, 1.807) is 7.11 Å². The fourth-order valence-corrected chi connectivity index (χ4v) is 1.50. The lowest BCUT2D eigenvalue weighted by atomic mass is 10.1. The lowest BCUT2D eigenvalue weighted by Gasteiger charge is -2.11. The average Bonchev–Trinajstić information content (AvgIpc) is 2.15. The largest absolute Gasteiger partial charge is 0.493 e. The number of hydrogen-bond donors (Lipinski definition) is 0. The maximum atomic E-state index is 13.0. The molecule has 0 N–H and O–H groups in total. The molecule has 15 heavy (non-hydrogen) atoms. The van der Waals surface area contributed by atoms with E-state index >= 15 is 0 Å². The Morgan fingerprint density at radius 1 is 1.13 bits per heavy atom. The first-order valence-electron chi connectivity index (χ1n) is 5.03. The minimum atomic E-state index is -0.214. The van der Waals surface area contributed by atoms with Gasteiger partial charge in [-0.3, -0.25) is 0 Å². The molecule has 0 bridgehead atoms. The van der Waals surface area contributed by atoms with Gasteiger partial charge in [0.05, 0.1) is 6.61 Å². The van der Waals surface area contributed by atoms with Gasteiger partial charge in [-0.05, 0) is 37.1 Å². The minimum Gasteiger partial charge on any atom is -0.493 e. The van der Waals surface area contributed by atoms with E-state index in [-0.39, 0.29) is 5.82 Å². The number of hydrogen-bond acceptors (Lipinski definition) is 2. The Morgan fingerprint density at radius 3 is 2.27 bits per heavy atom. The van der Waals surface area contributed by atoms with Gasteiger partial charge in [-0.25, -0.2) is 4.39 Å². The number of ether oxygens (including phenoxy) is 2. The molecule has 0 fully saturated rings. The van der Waals surface area contributed by atoms with Crippen LogP contribution >= 0.6 is 0 Å². The second kappa shape index (κ2) is 5.71. The monoisotopic (exact) mass is 212 g/mol. The van der Waals surface area contributed by atoms with Crippen molar-refractivity contribution in [1.82, 2.24) is 0 Å². The van der Waals surface area contributed by atoms with Gasteiger partial charge < -0.3 is 9.47 Å². The van der Waals surface area contributed by atoms with Crippen LogP contribution < -0.4 is 4.74 Å². The van der Waals surface area contributed by atoms with Gasteiger partial charge in [0, 0.05) is 20.1 Å². The van der Waals surface area contributed by atoms with Crippen LogP contribution in [0.4, 0.5) is 4.39 Å². The molecule has 0 atom stereocenters. The molecular formula is C12H17FO2. The lowest BCUT2D eigenvalue weighted by molar-refractivity contribution is 0.171. The highest BCUT2D eigenvalue weighted by Crippen LogP contribution is 2.24. The third-order valence-corrected chi connectivity index (χ3v) is 2.16. The Labute approximate surface area is 90.0 Å². The Balaban J connectivity index is 2.60. The molecule has 0 saturated heterocycles. The first kappa shape index (κ1) is 12.0. The summed E-state index contributed by atoms with van der Waals surface area (Å²) < 4.78 is 23.5. The van der Waals surface area contributed by atoms with Gasteiger partial charge in [-0.2, -0.15) is 0 Å². The van der Waals surface area contributed by atoms with Gasteiger partial charge in [0.15, 0.2) is 0 Å². The van der Waals surface area contributed by atoms with Crippen LogP contribution in [0.1, 0.15) is 17.5 Å². The van der Waals surface area contributed by atoms with E-state index < -0.39 is 0 Å². The van der Waals surface area contributed by atoms with Crippen molar-refractivity contribution in [3.8, 4) is 5.75 Å². The molecule has 0 spiro atoms. The van der Waals surface area contributed by atoms with Gasteiger partial charge in [0.25, 0.3) is 0 Å². The van der Waals surface area contributed by atoms with Gasteiger partial charge in [-0.15, -0.1) is 0 Å². The fraction of sp³-hybridized carbons (Fsp3) is 0.500. The second-order valence-electron chi connectivity index (χ2n) is 3.56. The van der Waals surface area contributed by atoms with Crippen molar-refractivity contribution >= 4 is 0 Å². The first-order valence-corrected chi connectivity index (χ1v) is 5.03. The molecule has 84 valence electrons. The second-order valence-corrected chi connectivity index (χ2v) is 3.56. The molecule has 0 amide bonds. The highest BCUT2D eigenvalue weighted by atomic mass is 19.1. The third-order valence-electron chi connectivity index (χ3n) is 2.16. The van der Waals surface area contributed by atoms with E-state index in [0.29, 0.717) is 13.2 Å². The van der Waals surface area contributed by atoms with E-state index in [4.69, 9.17) is 9.47 Å². The summed E-state index contributed by atoms with van der Waals surface area (Å²) in [6.45, 7) is 4.98. The fourth-order valence-electron chi connectivity index (χ4n) is 1.50.